The van der Waals surface area contributed by atoms with Crippen LogP contribution in [0.2, 0.25) is 0 Å². The first-order chi connectivity index (χ1) is 11.8. The van der Waals surface area contributed by atoms with E-state index in [1.807, 2.05) is 0 Å². The van der Waals surface area contributed by atoms with Crippen molar-refractivity contribution >= 4 is 23.6 Å². The second-order valence-electron chi connectivity index (χ2n) is 5.47. The lowest BCUT2D eigenvalue weighted by atomic mass is 10.1. The number of rotatable bonds is 6. The number of nitrogens with zero attached hydrogens (tertiary/aromatic N) is 1. The summed E-state index contributed by atoms with van der Waals surface area (Å²) < 4.78 is 9.98. The van der Waals surface area contributed by atoms with Crippen molar-refractivity contribution in [3.05, 3.63) is 47.2 Å². The molecule has 8 heteroatoms. The van der Waals surface area contributed by atoms with Crippen molar-refractivity contribution in [1.29, 1.82) is 0 Å². The third-order valence-corrected chi connectivity index (χ3v) is 3.26. The fourth-order valence-electron chi connectivity index (χ4n) is 1.92. The fraction of sp³-hybridized carbons (Fsp3) is 0.294. The van der Waals surface area contributed by atoms with Gasteiger partial charge in [0.05, 0.1) is 5.56 Å². The molecular formula is C17H19N3O5. The van der Waals surface area contributed by atoms with E-state index < -0.39 is 18.0 Å². The molecule has 0 bridgehead atoms. The van der Waals surface area contributed by atoms with Gasteiger partial charge >= 0.3 is 5.97 Å². The molecule has 0 aliphatic carbocycles. The molecule has 0 aliphatic rings. The Labute approximate surface area is 144 Å². The summed E-state index contributed by atoms with van der Waals surface area (Å²) in [5.41, 5.74) is 1.16. The Morgan fingerprint density at radius 2 is 1.92 bits per heavy atom. The molecule has 0 aliphatic heterocycles. The number of anilines is 1. The highest BCUT2D eigenvalue weighted by Crippen LogP contribution is 2.10. The maximum Gasteiger partial charge on any atom is 0.338 e. The minimum Gasteiger partial charge on any atom is -0.449 e. The number of nitrogens with one attached hydrogen (secondary N) is 2. The van der Waals surface area contributed by atoms with Crippen LogP contribution in [0.25, 0.3) is 0 Å². The number of amides is 2. The van der Waals surface area contributed by atoms with Crippen molar-refractivity contribution in [3.63, 3.8) is 0 Å². The van der Waals surface area contributed by atoms with Crippen molar-refractivity contribution in [2.24, 2.45) is 0 Å². The van der Waals surface area contributed by atoms with Crippen LogP contribution in [-0.2, 0) is 20.9 Å². The summed E-state index contributed by atoms with van der Waals surface area (Å²) in [4.78, 5) is 34.9. The molecule has 2 rings (SSSR count). The molecule has 2 amide bonds. The number of carbonyl (C=O) groups is 3. The van der Waals surface area contributed by atoms with E-state index in [1.165, 1.54) is 13.8 Å². The maximum absolute atomic E-state index is 12.1. The molecule has 0 saturated heterocycles. The first-order valence-corrected chi connectivity index (χ1v) is 7.63. The normalized spacial score (nSPS) is 11.5. The van der Waals surface area contributed by atoms with Gasteiger partial charge in [-0.3, -0.25) is 9.59 Å². The molecule has 132 valence electrons. The van der Waals surface area contributed by atoms with Gasteiger partial charge < -0.3 is 19.9 Å². The highest BCUT2D eigenvalue weighted by atomic mass is 16.5. The smallest absolute Gasteiger partial charge is 0.338 e. The zero-order valence-electron chi connectivity index (χ0n) is 14.2. The Kier molecular flexibility index (Phi) is 5.89. The topological polar surface area (TPSA) is 111 Å². The van der Waals surface area contributed by atoms with Crippen LogP contribution < -0.4 is 10.6 Å². The van der Waals surface area contributed by atoms with Crippen LogP contribution in [0.5, 0.6) is 0 Å². The van der Waals surface area contributed by atoms with E-state index in [4.69, 9.17) is 9.26 Å². The van der Waals surface area contributed by atoms with Gasteiger partial charge in [-0.2, -0.15) is 0 Å². The number of esters is 1. The van der Waals surface area contributed by atoms with E-state index in [-0.39, 0.29) is 11.7 Å². The SMILES string of the molecule is CC(=O)NCc1ccc(C(=O)OC(C)C(=O)Nc2cc(C)on2)cc1. The van der Waals surface area contributed by atoms with Gasteiger partial charge in [-0.05, 0) is 31.5 Å². The molecule has 1 heterocycles. The average Bonchev–Trinajstić information content (AvgIpc) is 2.98. The van der Waals surface area contributed by atoms with Crippen molar-refractivity contribution in [2.45, 2.75) is 33.4 Å². The Balaban J connectivity index is 1.89. The lowest BCUT2D eigenvalue weighted by Gasteiger charge is -2.12. The molecule has 25 heavy (non-hydrogen) atoms. The summed E-state index contributed by atoms with van der Waals surface area (Å²) in [6.45, 7) is 4.96. The van der Waals surface area contributed by atoms with E-state index in [1.54, 1.807) is 37.3 Å². The molecule has 1 unspecified atom stereocenters. The Hall–Kier alpha value is -3.16. The van der Waals surface area contributed by atoms with Crippen LogP contribution in [-0.4, -0.2) is 29.0 Å². The molecule has 1 atom stereocenters. The Morgan fingerprint density at radius 3 is 2.48 bits per heavy atom. The molecular weight excluding hydrogens is 326 g/mol. The number of carbonyl (C=O) groups excluding carboxylic acids is 3. The van der Waals surface area contributed by atoms with Crippen LogP contribution in [0.1, 0.15) is 35.5 Å². The third-order valence-electron chi connectivity index (χ3n) is 3.26. The van der Waals surface area contributed by atoms with Crippen molar-refractivity contribution in [3.8, 4) is 0 Å². The van der Waals surface area contributed by atoms with Gasteiger partial charge in [0.1, 0.15) is 5.76 Å². The largest absolute Gasteiger partial charge is 0.449 e. The Bertz CT molecular complexity index is 767. The minimum atomic E-state index is -0.997. The van der Waals surface area contributed by atoms with Gasteiger partial charge in [0, 0.05) is 19.5 Å². The number of aryl methyl sites for hydroxylation is 1. The summed E-state index contributed by atoms with van der Waals surface area (Å²) in [6.07, 6.45) is -0.997. The highest BCUT2D eigenvalue weighted by Gasteiger charge is 2.20. The third kappa shape index (κ3) is 5.45. The van der Waals surface area contributed by atoms with Gasteiger partial charge in [-0.25, -0.2) is 4.79 Å². The second kappa shape index (κ2) is 8.09. The molecule has 2 aromatic rings. The Morgan fingerprint density at radius 1 is 1.24 bits per heavy atom. The van der Waals surface area contributed by atoms with E-state index in [0.717, 1.165) is 5.56 Å². The zero-order valence-corrected chi connectivity index (χ0v) is 14.2. The number of hydrogen-bond acceptors (Lipinski definition) is 6. The summed E-state index contributed by atoms with van der Waals surface area (Å²) in [5, 5.41) is 8.79. The lowest BCUT2D eigenvalue weighted by Crippen LogP contribution is -2.30. The van der Waals surface area contributed by atoms with Gasteiger partial charge in [0.15, 0.2) is 11.9 Å². The summed E-state index contributed by atoms with van der Waals surface area (Å²) >= 11 is 0. The summed E-state index contributed by atoms with van der Waals surface area (Å²) in [7, 11) is 0. The first-order valence-electron chi connectivity index (χ1n) is 7.63. The molecule has 0 spiro atoms. The van der Waals surface area contributed by atoms with Crippen LogP contribution in [0, 0.1) is 6.92 Å². The van der Waals surface area contributed by atoms with Gasteiger partial charge in [0.2, 0.25) is 5.91 Å². The molecule has 2 N–H and O–H groups in total. The molecule has 0 radical (unpaired) electrons. The van der Waals surface area contributed by atoms with Gasteiger partial charge in [0.25, 0.3) is 5.91 Å². The van der Waals surface area contributed by atoms with Crippen LogP contribution in [0.3, 0.4) is 0 Å². The molecule has 1 aromatic heterocycles. The standard InChI is InChI=1S/C17H19N3O5/c1-10-8-15(20-25-10)19-16(22)11(2)24-17(23)14-6-4-13(5-7-14)9-18-12(3)21/h4-8,11H,9H2,1-3H3,(H,18,21)(H,19,20,22). The van der Waals surface area contributed by atoms with Crippen molar-refractivity contribution in [1.82, 2.24) is 10.5 Å². The fourth-order valence-corrected chi connectivity index (χ4v) is 1.92. The number of aromatic nitrogens is 1. The number of benzene rings is 1. The maximum atomic E-state index is 12.1. The molecule has 0 fully saturated rings. The van der Waals surface area contributed by atoms with Gasteiger partial charge in [-0.15, -0.1) is 0 Å². The lowest BCUT2D eigenvalue weighted by molar-refractivity contribution is -0.123. The predicted molar refractivity (Wildman–Crippen MR) is 88.7 cm³/mol. The van der Waals surface area contributed by atoms with Crippen LogP contribution in [0.15, 0.2) is 34.9 Å². The summed E-state index contributed by atoms with van der Waals surface area (Å²) in [6, 6.07) is 8.11. The quantitative estimate of drug-likeness (QED) is 0.773. The highest BCUT2D eigenvalue weighted by molar-refractivity contribution is 5.96. The molecule has 8 nitrogen and oxygen atoms in total. The van der Waals surface area contributed by atoms with Crippen molar-refractivity contribution in [2.75, 3.05) is 5.32 Å². The predicted octanol–water partition coefficient (Wildman–Crippen LogP) is 1.80. The van der Waals surface area contributed by atoms with Crippen LogP contribution in [0.4, 0.5) is 5.82 Å². The number of hydrogen-bond donors (Lipinski definition) is 2. The van der Waals surface area contributed by atoms with Crippen molar-refractivity contribution < 1.29 is 23.6 Å². The van der Waals surface area contributed by atoms with E-state index in [2.05, 4.69) is 15.8 Å². The van der Waals surface area contributed by atoms with Crippen LogP contribution >= 0.6 is 0 Å². The monoisotopic (exact) mass is 345 g/mol. The minimum absolute atomic E-state index is 0.134. The van der Waals surface area contributed by atoms with E-state index >= 15 is 0 Å². The van der Waals surface area contributed by atoms with E-state index in [9.17, 15) is 14.4 Å². The second-order valence-corrected chi connectivity index (χ2v) is 5.47. The first kappa shape index (κ1) is 18.2. The molecule has 1 aromatic carbocycles. The zero-order chi connectivity index (χ0) is 18.4. The molecule has 0 saturated carbocycles. The van der Waals surface area contributed by atoms with E-state index in [0.29, 0.717) is 17.9 Å². The van der Waals surface area contributed by atoms with Gasteiger partial charge in [-0.1, -0.05) is 17.3 Å². The number of ether oxygens (including phenoxy) is 1. The summed E-state index contributed by atoms with van der Waals surface area (Å²) in [5.74, 6) is -0.452. The average molecular weight is 345 g/mol.